The van der Waals surface area contributed by atoms with Gasteiger partial charge in [0.05, 0.1) is 29.9 Å². The van der Waals surface area contributed by atoms with Crippen molar-refractivity contribution < 1.29 is 40.7 Å². The van der Waals surface area contributed by atoms with E-state index in [9.17, 15) is 31.2 Å². The van der Waals surface area contributed by atoms with E-state index in [4.69, 9.17) is 16.3 Å². The van der Waals surface area contributed by atoms with Gasteiger partial charge >= 0.3 is 18.2 Å². The topological polar surface area (TPSA) is 133 Å². The number of carbonyl (C=O) groups excluding carboxylic acids is 2. The Morgan fingerprint density at radius 3 is 2.54 bits per heavy atom. The number of sulfonamides is 1. The van der Waals surface area contributed by atoms with Crippen LogP contribution in [0.2, 0.25) is 5.15 Å². The molecule has 3 rings (SSSR count). The lowest BCUT2D eigenvalue weighted by Crippen LogP contribution is -2.44. The minimum absolute atomic E-state index is 0.0565. The Morgan fingerprint density at radius 1 is 1.26 bits per heavy atom. The van der Waals surface area contributed by atoms with E-state index in [1.165, 1.54) is 23.1 Å². The first kappa shape index (κ1) is 30.5. The second-order valence-corrected chi connectivity index (χ2v) is 11.5. The molecule has 0 radical (unpaired) electrons. The molecule has 1 N–H and O–H groups in total. The maximum absolute atomic E-state index is 13.7. The molecule has 0 saturated carbocycles. The summed E-state index contributed by atoms with van der Waals surface area (Å²) in [5.41, 5.74) is -2.42. The van der Waals surface area contributed by atoms with E-state index in [0.29, 0.717) is 38.9 Å². The summed E-state index contributed by atoms with van der Waals surface area (Å²) in [5, 5.41) is 5.92. The Bertz CT molecular complexity index is 1330. The van der Waals surface area contributed by atoms with Crippen molar-refractivity contribution in [1.82, 2.24) is 14.8 Å². The van der Waals surface area contributed by atoms with Crippen molar-refractivity contribution in [2.75, 3.05) is 22.8 Å². The quantitative estimate of drug-likeness (QED) is 0.418. The fraction of sp³-hybridized carbons (Fsp3) is 0.565. The van der Waals surface area contributed by atoms with Crippen LogP contribution in [0.5, 0.6) is 0 Å². The lowest BCUT2D eigenvalue weighted by molar-refractivity contribution is -0.242. The molecule has 1 atom stereocenters. The van der Waals surface area contributed by atoms with E-state index in [0.717, 1.165) is 4.31 Å². The summed E-state index contributed by atoms with van der Waals surface area (Å²) in [6.07, 6.45) is -3.07. The number of aryl methyl sites for hydroxylation is 1. The number of nitrogens with one attached hydrogen (secondary N) is 1. The van der Waals surface area contributed by atoms with Gasteiger partial charge in [0, 0.05) is 25.7 Å². The summed E-state index contributed by atoms with van der Waals surface area (Å²) in [5.74, 6) is -0.738. The lowest BCUT2D eigenvalue weighted by atomic mass is 9.93. The Balaban J connectivity index is 1.95. The number of halogens is 4. The molecular formula is C23H29ClF3N5O6S. The van der Waals surface area contributed by atoms with Crippen LogP contribution in [0.25, 0.3) is 0 Å². The molecule has 0 fully saturated rings. The van der Waals surface area contributed by atoms with Crippen LogP contribution in [0.15, 0.2) is 23.4 Å². The molecule has 1 aliphatic heterocycles. The molecule has 39 heavy (non-hydrogen) atoms. The molecule has 0 saturated heterocycles. The van der Waals surface area contributed by atoms with Crippen LogP contribution in [-0.4, -0.2) is 60.2 Å². The predicted octanol–water partition coefficient (Wildman–Crippen LogP) is 4.55. The molecule has 1 amide bonds. The number of fused-ring (bicyclic) bond motifs is 1. The molecule has 3 heterocycles. The van der Waals surface area contributed by atoms with Gasteiger partial charge in [-0.3, -0.25) is 24.1 Å². The number of hydrogen-bond acceptors (Lipinski definition) is 8. The normalized spacial score (nSPS) is 16.0. The zero-order valence-electron chi connectivity index (χ0n) is 21.7. The van der Waals surface area contributed by atoms with Crippen LogP contribution < -0.4 is 9.62 Å². The van der Waals surface area contributed by atoms with Crippen molar-refractivity contribution in [2.45, 2.75) is 70.2 Å². The number of alkyl halides is 3. The van der Waals surface area contributed by atoms with Crippen molar-refractivity contribution in [2.24, 2.45) is 5.92 Å². The highest BCUT2D eigenvalue weighted by Gasteiger charge is 2.51. The second-order valence-electron chi connectivity index (χ2n) is 9.30. The molecule has 16 heteroatoms. The fourth-order valence-electron chi connectivity index (χ4n) is 3.84. The van der Waals surface area contributed by atoms with Crippen LogP contribution in [-0.2, 0) is 37.3 Å². The van der Waals surface area contributed by atoms with Crippen molar-refractivity contribution in [3.63, 3.8) is 0 Å². The zero-order chi connectivity index (χ0) is 29.2. The molecule has 0 spiro atoms. The summed E-state index contributed by atoms with van der Waals surface area (Å²) in [6, 6.07) is 1.28. The molecule has 11 nitrogen and oxygen atoms in total. The lowest BCUT2D eigenvalue weighted by Gasteiger charge is -2.34. The molecular weight excluding hydrogens is 567 g/mol. The third-order valence-electron chi connectivity index (χ3n) is 6.04. The first-order chi connectivity index (χ1) is 18.1. The molecule has 2 aromatic heterocycles. The maximum Gasteiger partial charge on any atom is 0.427 e. The number of amides is 1. The Morgan fingerprint density at radius 2 is 1.95 bits per heavy atom. The Hall–Kier alpha value is -3.07. The molecule has 216 valence electrons. The van der Waals surface area contributed by atoms with Gasteiger partial charge in [-0.05, 0) is 52.5 Å². The third kappa shape index (κ3) is 6.93. The Kier molecular flexibility index (Phi) is 9.05. The van der Waals surface area contributed by atoms with Gasteiger partial charge in [0.1, 0.15) is 4.90 Å². The van der Waals surface area contributed by atoms with Crippen molar-refractivity contribution in [3.05, 3.63) is 29.3 Å². The standard InChI is InChI=1S/C23H29ClF3N5O6S/c1-5-31-13-18(20(24)30-31)39(35,36)32-12-14(7-8-19(33)37-6-2)9-16-17(32)10-15(11-28-16)29-21(34)38-22(3,4)23(25,26)27/h10-11,13-14H,5-9,12H2,1-4H3,(H,29,34)/t14-/m1/s1. The molecule has 0 aliphatic carbocycles. The summed E-state index contributed by atoms with van der Waals surface area (Å²) < 4.78 is 78.7. The van der Waals surface area contributed by atoms with Gasteiger partial charge in [-0.1, -0.05) is 11.6 Å². The van der Waals surface area contributed by atoms with E-state index >= 15 is 0 Å². The van der Waals surface area contributed by atoms with E-state index < -0.39 is 33.9 Å². The van der Waals surface area contributed by atoms with Gasteiger partial charge in [-0.25, -0.2) is 13.2 Å². The number of ether oxygens (including phenoxy) is 2. The summed E-state index contributed by atoms with van der Waals surface area (Å²) >= 11 is 6.15. The first-order valence-electron chi connectivity index (χ1n) is 12.1. The second kappa shape index (κ2) is 11.6. The largest absolute Gasteiger partial charge is 0.466 e. The highest BCUT2D eigenvalue weighted by molar-refractivity contribution is 7.93. The number of carbonyl (C=O) groups is 2. The highest BCUT2D eigenvalue weighted by Crippen LogP contribution is 2.38. The Labute approximate surface area is 228 Å². The van der Waals surface area contributed by atoms with E-state index in [2.05, 4.69) is 20.1 Å². The molecule has 1 aliphatic rings. The minimum atomic E-state index is -4.82. The third-order valence-corrected chi connectivity index (χ3v) is 8.21. The van der Waals surface area contributed by atoms with Crippen molar-refractivity contribution in [3.8, 4) is 0 Å². The van der Waals surface area contributed by atoms with Crippen LogP contribution >= 0.6 is 11.6 Å². The van der Waals surface area contributed by atoms with Gasteiger partial charge in [-0.2, -0.15) is 18.3 Å². The summed E-state index contributed by atoms with van der Waals surface area (Å²) in [7, 11) is -4.30. The average molecular weight is 596 g/mol. The van der Waals surface area contributed by atoms with Gasteiger partial charge in [-0.15, -0.1) is 0 Å². The number of esters is 1. The number of nitrogens with zero attached hydrogens (tertiary/aromatic N) is 4. The van der Waals surface area contributed by atoms with E-state index in [-0.39, 0.29) is 46.9 Å². The van der Waals surface area contributed by atoms with Crippen LogP contribution in [0.1, 0.15) is 46.2 Å². The smallest absolute Gasteiger partial charge is 0.427 e. The number of hydrogen-bond donors (Lipinski definition) is 1. The van der Waals surface area contributed by atoms with E-state index in [1.807, 2.05) is 0 Å². The zero-order valence-corrected chi connectivity index (χ0v) is 23.3. The number of aromatic nitrogens is 3. The molecule has 2 aromatic rings. The van der Waals surface area contributed by atoms with Crippen molar-refractivity contribution in [1.29, 1.82) is 0 Å². The van der Waals surface area contributed by atoms with Gasteiger partial charge < -0.3 is 9.47 Å². The minimum Gasteiger partial charge on any atom is -0.466 e. The fourth-order valence-corrected chi connectivity index (χ4v) is 5.84. The maximum atomic E-state index is 13.7. The monoisotopic (exact) mass is 595 g/mol. The first-order valence-corrected chi connectivity index (χ1v) is 13.9. The van der Waals surface area contributed by atoms with Crippen LogP contribution in [0.4, 0.5) is 29.3 Å². The van der Waals surface area contributed by atoms with Crippen molar-refractivity contribution >= 4 is 45.1 Å². The number of rotatable bonds is 9. The van der Waals surface area contributed by atoms with Crippen LogP contribution in [0.3, 0.4) is 0 Å². The molecule has 0 bridgehead atoms. The van der Waals surface area contributed by atoms with Gasteiger partial charge in [0.2, 0.25) is 5.60 Å². The highest BCUT2D eigenvalue weighted by atomic mass is 35.5. The predicted molar refractivity (Wildman–Crippen MR) is 135 cm³/mol. The van der Waals surface area contributed by atoms with Gasteiger partial charge in [0.15, 0.2) is 5.15 Å². The summed E-state index contributed by atoms with van der Waals surface area (Å²) in [6.45, 7) is 5.35. The number of pyridine rings is 1. The molecule has 0 aromatic carbocycles. The summed E-state index contributed by atoms with van der Waals surface area (Å²) in [4.78, 5) is 28.1. The number of anilines is 2. The SMILES string of the molecule is CCOC(=O)CC[C@@H]1Cc2ncc(NC(=O)OC(C)(C)C(F)(F)F)cc2N(S(=O)(=O)c2cn(CC)nc2Cl)C1. The van der Waals surface area contributed by atoms with Crippen LogP contribution in [0, 0.1) is 5.92 Å². The van der Waals surface area contributed by atoms with E-state index in [1.54, 1.807) is 13.8 Å². The van der Waals surface area contributed by atoms with Gasteiger partial charge in [0.25, 0.3) is 10.0 Å². The molecule has 0 unspecified atom stereocenters. The average Bonchev–Trinajstić information content (AvgIpc) is 3.23.